The van der Waals surface area contributed by atoms with Crippen LogP contribution in [0.3, 0.4) is 0 Å². The van der Waals surface area contributed by atoms with Gasteiger partial charge in [0.1, 0.15) is 5.82 Å². The highest BCUT2D eigenvalue weighted by molar-refractivity contribution is 6.30. The van der Waals surface area contributed by atoms with E-state index in [1.807, 2.05) is 37.1 Å². The Labute approximate surface area is 117 Å². The molecule has 19 heavy (non-hydrogen) atoms. The maximum Gasteiger partial charge on any atom is 0.127 e. The van der Waals surface area contributed by atoms with Crippen LogP contribution in [0.1, 0.15) is 24.2 Å². The quantitative estimate of drug-likeness (QED) is 0.838. The van der Waals surface area contributed by atoms with E-state index in [1.165, 1.54) is 6.07 Å². The van der Waals surface area contributed by atoms with E-state index in [2.05, 4.69) is 4.98 Å². The summed E-state index contributed by atoms with van der Waals surface area (Å²) in [6, 6.07) is 10.4. The summed E-state index contributed by atoms with van der Waals surface area (Å²) in [5.41, 5.74) is 1.56. The van der Waals surface area contributed by atoms with Gasteiger partial charge in [-0.25, -0.2) is 4.39 Å². The third-order valence-corrected chi connectivity index (χ3v) is 3.44. The fourth-order valence-electron chi connectivity index (χ4n) is 1.98. The lowest BCUT2D eigenvalue weighted by Gasteiger charge is -2.25. The highest BCUT2D eigenvalue weighted by Gasteiger charge is 2.15. The molecule has 0 aliphatic heterocycles. The first-order chi connectivity index (χ1) is 9.08. The Balaban J connectivity index is 2.12. The van der Waals surface area contributed by atoms with E-state index >= 15 is 0 Å². The molecule has 0 aliphatic rings. The van der Waals surface area contributed by atoms with Crippen molar-refractivity contribution in [2.75, 3.05) is 7.05 Å². The zero-order valence-electron chi connectivity index (χ0n) is 11.0. The number of pyridine rings is 1. The summed E-state index contributed by atoms with van der Waals surface area (Å²) in [6.07, 6.45) is 1.68. The van der Waals surface area contributed by atoms with Crippen LogP contribution in [0.15, 0.2) is 42.6 Å². The average Bonchev–Trinajstić information content (AvgIpc) is 2.38. The zero-order chi connectivity index (χ0) is 13.8. The van der Waals surface area contributed by atoms with Gasteiger partial charge in [-0.1, -0.05) is 29.8 Å². The first-order valence-corrected chi connectivity index (χ1v) is 6.51. The molecule has 0 spiro atoms. The number of benzene rings is 1. The van der Waals surface area contributed by atoms with Gasteiger partial charge in [0, 0.05) is 29.4 Å². The number of hydrogen-bond donors (Lipinski definition) is 0. The first-order valence-electron chi connectivity index (χ1n) is 6.13. The summed E-state index contributed by atoms with van der Waals surface area (Å²) in [5, 5.41) is 0.664. The topological polar surface area (TPSA) is 16.1 Å². The molecule has 1 aromatic carbocycles. The summed E-state index contributed by atoms with van der Waals surface area (Å²) >= 11 is 5.93. The van der Waals surface area contributed by atoms with E-state index in [4.69, 9.17) is 11.6 Å². The van der Waals surface area contributed by atoms with Crippen molar-refractivity contribution >= 4 is 11.6 Å². The van der Waals surface area contributed by atoms with E-state index in [-0.39, 0.29) is 11.9 Å². The smallest absolute Gasteiger partial charge is 0.127 e. The Bertz CT molecular complexity index is 559. The number of aromatic nitrogens is 1. The van der Waals surface area contributed by atoms with Crippen LogP contribution in [0.2, 0.25) is 5.02 Å². The number of rotatable bonds is 4. The summed E-state index contributed by atoms with van der Waals surface area (Å²) < 4.78 is 13.7. The van der Waals surface area contributed by atoms with E-state index in [9.17, 15) is 4.39 Å². The van der Waals surface area contributed by atoms with Crippen LogP contribution in [-0.2, 0) is 6.54 Å². The average molecular weight is 279 g/mol. The first kappa shape index (κ1) is 14.0. The van der Waals surface area contributed by atoms with Crippen LogP contribution in [0.25, 0.3) is 0 Å². The van der Waals surface area contributed by atoms with E-state index < -0.39 is 0 Å². The van der Waals surface area contributed by atoms with Gasteiger partial charge < -0.3 is 0 Å². The second-order valence-corrected chi connectivity index (χ2v) is 5.01. The molecule has 0 bridgehead atoms. The lowest BCUT2D eigenvalue weighted by molar-refractivity contribution is 0.245. The highest BCUT2D eigenvalue weighted by atomic mass is 35.5. The molecular formula is C15H16ClFN2. The zero-order valence-corrected chi connectivity index (χ0v) is 11.7. The van der Waals surface area contributed by atoms with Crippen LogP contribution in [0.5, 0.6) is 0 Å². The van der Waals surface area contributed by atoms with Crippen LogP contribution in [0, 0.1) is 5.82 Å². The van der Waals surface area contributed by atoms with Crippen molar-refractivity contribution in [3.05, 3.63) is 64.7 Å². The minimum Gasteiger partial charge on any atom is -0.294 e. The van der Waals surface area contributed by atoms with Crippen molar-refractivity contribution in [1.29, 1.82) is 0 Å². The fraction of sp³-hybridized carbons (Fsp3) is 0.267. The van der Waals surface area contributed by atoms with Crippen LogP contribution >= 0.6 is 11.6 Å². The van der Waals surface area contributed by atoms with Crippen LogP contribution in [0.4, 0.5) is 4.39 Å². The van der Waals surface area contributed by atoms with Crippen LogP contribution in [-0.4, -0.2) is 16.9 Å². The van der Waals surface area contributed by atoms with Crippen molar-refractivity contribution in [2.45, 2.75) is 19.5 Å². The minimum absolute atomic E-state index is 0.0259. The lowest BCUT2D eigenvalue weighted by Crippen LogP contribution is -2.23. The number of hydrogen-bond acceptors (Lipinski definition) is 2. The van der Waals surface area contributed by atoms with Gasteiger partial charge in [-0.15, -0.1) is 0 Å². The molecule has 1 unspecified atom stereocenters. The molecule has 1 aromatic heterocycles. The molecule has 0 saturated carbocycles. The van der Waals surface area contributed by atoms with Gasteiger partial charge in [-0.3, -0.25) is 9.88 Å². The molecule has 2 aromatic rings. The molecule has 0 fully saturated rings. The Morgan fingerprint density at radius 2 is 2.05 bits per heavy atom. The van der Waals surface area contributed by atoms with E-state index in [0.29, 0.717) is 17.1 Å². The largest absolute Gasteiger partial charge is 0.294 e. The normalized spacial score (nSPS) is 12.7. The third kappa shape index (κ3) is 3.52. The summed E-state index contributed by atoms with van der Waals surface area (Å²) in [5.74, 6) is -0.180. The Hall–Kier alpha value is -1.45. The van der Waals surface area contributed by atoms with Crippen molar-refractivity contribution in [3.8, 4) is 0 Å². The predicted octanol–water partition coefficient (Wildman–Crippen LogP) is 4.07. The van der Waals surface area contributed by atoms with Crippen LogP contribution < -0.4 is 0 Å². The maximum absolute atomic E-state index is 13.7. The summed E-state index contributed by atoms with van der Waals surface area (Å²) in [6.45, 7) is 2.60. The third-order valence-electron chi connectivity index (χ3n) is 3.21. The molecule has 0 amide bonds. The monoisotopic (exact) mass is 278 g/mol. The second kappa shape index (κ2) is 6.13. The van der Waals surface area contributed by atoms with Gasteiger partial charge >= 0.3 is 0 Å². The van der Waals surface area contributed by atoms with Gasteiger partial charge in [0.15, 0.2) is 0 Å². The molecule has 1 atom stereocenters. The van der Waals surface area contributed by atoms with Gasteiger partial charge in [0.25, 0.3) is 0 Å². The standard InChI is InChI=1S/C15H16ClFN2/c1-11(14-5-3-4-6-15(14)17)19(2)10-13-9-12(16)7-8-18-13/h3-9,11H,10H2,1-2H3. The van der Waals surface area contributed by atoms with E-state index in [1.54, 1.807) is 18.3 Å². The predicted molar refractivity (Wildman–Crippen MR) is 75.5 cm³/mol. The molecule has 0 N–H and O–H groups in total. The molecule has 2 rings (SSSR count). The Morgan fingerprint density at radius 1 is 1.32 bits per heavy atom. The molecule has 0 saturated heterocycles. The fourth-order valence-corrected chi connectivity index (χ4v) is 2.16. The van der Waals surface area contributed by atoms with Crippen molar-refractivity contribution in [2.24, 2.45) is 0 Å². The molecule has 4 heteroatoms. The second-order valence-electron chi connectivity index (χ2n) is 4.58. The molecular weight excluding hydrogens is 263 g/mol. The molecule has 2 nitrogen and oxygen atoms in total. The van der Waals surface area contributed by atoms with Crippen molar-refractivity contribution in [1.82, 2.24) is 9.88 Å². The van der Waals surface area contributed by atoms with Crippen molar-refractivity contribution in [3.63, 3.8) is 0 Å². The lowest BCUT2D eigenvalue weighted by atomic mass is 10.1. The molecule has 1 heterocycles. The Kier molecular flexibility index (Phi) is 4.51. The Morgan fingerprint density at radius 3 is 2.74 bits per heavy atom. The maximum atomic E-state index is 13.7. The van der Waals surface area contributed by atoms with Crippen molar-refractivity contribution < 1.29 is 4.39 Å². The summed E-state index contributed by atoms with van der Waals surface area (Å²) in [4.78, 5) is 6.30. The SMILES string of the molecule is CC(c1ccccc1F)N(C)Cc1cc(Cl)ccn1. The number of nitrogens with zero attached hydrogens (tertiary/aromatic N) is 2. The molecule has 0 radical (unpaired) electrons. The highest BCUT2D eigenvalue weighted by Crippen LogP contribution is 2.23. The van der Waals surface area contributed by atoms with Gasteiger partial charge in [-0.2, -0.15) is 0 Å². The minimum atomic E-state index is -0.180. The van der Waals surface area contributed by atoms with Gasteiger partial charge in [-0.05, 0) is 32.2 Å². The number of halogens is 2. The van der Waals surface area contributed by atoms with E-state index in [0.717, 1.165) is 5.69 Å². The van der Waals surface area contributed by atoms with Gasteiger partial charge in [0.2, 0.25) is 0 Å². The molecule has 0 aliphatic carbocycles. The van der Waals surface area contributed by atoms with Gasteiger partial charge in [0.05, 0.1) is 5.69 Å². The molecule has 100 valence electrons. The summed E-state index contributed by atoms with van der Waals surface area (Å²) in [7, 11) is 1.94.